The number of pyridine rings is 1. The van der Waals surface area contributed by atoms with E-state index in [1.165, 1.54) is 0 Å². The lowest BCUT2D eigenvalue weighted by atomic mass is 9.96. The number of piperazine rings is 1. The number of aromatic nitrogens is 1. The van der Waals surface area contributed by atoms with Crippen LogP contribution >= 0.6 is 0 Å². The highest BCUT2D eigenvalue weighted by atomic mass is 19.3. The third-order valence-corrected chi connectivity index (χ3v) is 7.32. The molecule has 0 spiro atoms. The lowest BCUT2D eigenvalue weighted by Gasteiger charge is -2.48. The van der Waals surface area contributed by atoms with Crippen molar-refractivity contribution >= 4 is 11.6 Å². The van der Waals surface area contributed by atoms with Gasteiger partial charge >= 0.3 is 6.61 Å². The topological polar surface area (TPSA) is 58.1 Å². The molecule has 1 aliphatic carbocycles. The van der Waals surface area contributed by atoms with Crippen molar-refractivity contribution < 1.29 is 23.0 Å². The average molecular weight is 531 g/mol. The molecular formula is C29H40F2N4O3. The van der Waals surface area contributed by atoms with Crippen molar-refractivity contribution in [1.82, 2.24) is 14.8 Å². The first-order valence-electron chi connectivity index (χ1n) is 13.5. The van der Waals surface area contributed by atoms with Gasteiger partial charge in [-0.3, -0.25) is 9.69 Å². The lowest BCUT2D eigenvalue weighted by Crippen LogP contribution is -2.60. The summed E-state index contributed by atoms with van der Waals surface area (Å²) in [6.45, 7) is 9.13. The van der Waals surface area contributed by atoms with Gasteiger partial charge in [0.15, 0.2) is 11.5 Å². The lowest BCUT2D eigenvalue weighted by molar-refractivity contribution is -0.0515. The number of ether oxygens (including phenoxy) is 2. The Labute approximate surface area is 224 Å². The number of nitrogens with zero attached hydrogens (tertiary/aromatic N) is 4. The van der Waals surface area contributed by atoms with Crippen LogP contribution in [0.2, 0.25) is 0 Å². The van der Waals surface area contributed by atoms with Crippen molar-refractivity contribution in [3.8, 4) is 11.5 Å². The van der Waals surface area contributed by atoms with Crippen LogP contribution in [0.5, 0.6) is 11.5 Å². The van der Waals surface area contributed by atoms with Crippen LogP contribution in [0.25, 0.3) is 0 Å². The number of carbonyl (C=O) groups is 1. The molecule has 2 fully saturated rings. The van der Waals surface area contributed by atoms with E-state index in [1.54, 1.807) is 24.1 Å². The minimum Gasteiger partial charge on any atom is -0.489 e. The molecule has 0 radical (unpaired) electrons. The third-order valence-electron chi connectivity index (χ3n) is 7.32. The second-order valence-corrected chi connectivity index (χ2v) is 11.3. The van der Waals surface area contributed by atoms with Gasteiger partial charge in [-0.1, -0.05) is 6.07 Å². The number of anilines is 1. The van der Waals surface area contributed by atoms with E-state index in [1.807, 2.05) is 31.2 Å². The highest BCUT2D eigenvalue weighted by molar-refractivity contribution is 5.92. The normalized spacial score (nSPS) is 18.5. The Balaban J connectivity index is 1.55. The second kappa shape index (κ2) is 11.8. The first-order chi connectivity index (χ1) is 18.0. The van der Waals surface area contributed by atoms with E-state index in [9.17, 15) is 13.6 Å². The standard InChI is InChI=1S/C29H40F2N4O3/c1-6-33(5)27(36)24-9-7-8-21(32-24)16-23-18-34(14-15-35(23)29(2,3)4)22-12-13-25(38-28(30)31)26(17-22)37-19-20-10-11-20/h7-9,12-13,17,20,23,28H,6,10-11,14-16,18-19H2,1-5H3. The second-order valence-electron chi connectivity index (χ2n) is 11.3. The smallest absolute Gasteiger partial charge is 0.387 e. The fraction of sp³-hybridized carbons (Fsp3) is 0.586. The molecule has 4 rings (SSSR count). The van der Waals surface area contributed by atoms with E-state index in [4.69, 9.17) is 14.5 Å². The summed E-state index contributed by atoms with van der Waals surface area (Å²) >= 11 is 0. The van der Waals surface area contributed by atoms with E-state index in [0.717, 1.165) is 43.9 Å². The predicted molar refractivity (Wildman–Crippen MR) is 144 cm³/mol. The Morgan fingerprint density at radius 3 is 2.58 bits per heavy atom. The summed E-state index contributed by atoms with van der Waals surface area (Å²) in [5, 5.41) is 0. The van der Waals surface area contributed by atoms with Crippen LogP contribution in [0.3, 0.4) is 0 Å². The Hall–Kier alpha value is -2.94. The summed E-state index contributed by atoms with van der Waals surface area (Å²) in [6, 6.07) is 11.0. The minimum atomic E-state index is -2.91. The molecule has 1 unspecified atom stereocenters. The Morgan fingerprint density at radius 2 is 1.92 bits per heavy atom. The van der Waals surface area contributed by atoms with Gasteiger partial charge in [0.05, 0.1) is 6.61 Å². The molecular weight excluding hydrogens is 490 g/mol. The maximum absolute atomic E-state index is 13.0. The van der Waals surface area contributed by atoms with Gasteiger partial charge in [-0.25, -0.2) is 4.98 Å². The monoisotopic (exact) mass is 530 g/mol. The van der Waals surface area contributed by atoms with Crippen molar-refractivity contribution in [1.29, 1.82) is 0 Å². The average Bonchev–Trinajstić information content (AvgIpc) is 3.71. The van der Waals surface area contributed by atoms with Gasteiger partial charge in [0.25, 0.3) is 5.91 Å². The molecule has 0 N–H and O–H groups in total. The number of hydrogen-bond acceptors (Lipinski definition) is 6. The van der Waals surface area contributed by atoms with Crippen molar-refractivity contribution in [3.05, 3.63) is 47.8 Å². The number of rotatable bonds is 10. The van der Waals surface area contributed by atoms with Gasteiger partial charge in [-0.2, -0.15) is 8.78 Å². The van der Waals surface area contributed by atoms with Crippen LogP contribution in [0.15, 0.2) is 36.4 Å². The Kier molecular flexibility index (Phi) is 8.75. The molecule has 1 aliphatic heterocycles. The number of hydrogen-bond donors (Lipinski definition) is 0. The van der Waals surface area contributed by atoms with E-state index >= 15 is 0 Å². The molecule has 1 aromatic heterocycles. The van der Waals surface area contributed by atoms with Crippen molar-refractivity contribution in [2.24, 2.45) is 5.92 Å². The molecule has 1 saturated carbocycles. The number of halogens is 2. The highest BCUT2D eigenvalue weighted by Gasteiger charge is 2.35. The van der Waals surface area contributed by atoms with E-state index in [0.29, 0.717) is 36.9 Å². The van der Waals surface area contributed by atoms with Gasteiger partial charge in [-0.05, 0) is 70.7 Å². The number of alkyl halides is 2. The van der Waals surface area contributed by atoms with E-state index < -0.39 is 6.61 Å². The molecule has 9 heteroatoms. The molecule has 1 amide bonds. The largest absolute Gasteiger partial charge is 0.489 e. The van der Waals surface area contributed by atoms with Crippen LogP contribution in [0, 0.1) is 5.92 Å². The number of benzene rings is 1. The fourth-order valence-electron chi connectivity index (χ4n) is 4.93. The van der Waals surface area contributed by atoms with Crippen molar-refractivity contribution in [2.45, 2.75) is 65.1 Å². The van der Waals surface area contributed by atoms with Gasteiger partial charge in [0.2, 0.25) is 0 Å². The van der Waals surface area contributed by atoms with Gasteiger partial charge in [0, 0.05) is 68.7 Å². The summed E-state index contributed by atoms with van der Waals surface area (Å²) < 4.78 is 36.6. The van der Waals surface area contributed by atoms with E-state index in [2.05, 4.69) is 30.6 Å². The summed E-state index contributed by atoms with van der Waals surface area (Å²) in [5.74, 6) is 0.830. The van der Waals surface area contributed by atoms with Crippen LogP contribution in [0.1, 0.15) is 56.7 Å². The molecule has 7 nitrogen and oxygen atoms in total. The first kappa shape index (κ1) is 28.1. The summed E-state index contributed by atoms with van der Waals surface area (Å²) in [7, 11) is 1.78. The molecule has 2 heterocycles. The summed E-state index contributed by atoms with van der Waals surface area (Å²) in [4.78, 5) is 23.8. The van der Waals surface area contributed by atoms with Crippen LogP contribution in [-0.2, 0) is 6.42 Å². The van der Waals surface area contributed by atoms with Gasteiger partial charge in [-0.15, -0.1) is 0 Å². The maximum Gasteiger partial charge on any atom is 0.387 e. The van der Waals surface area contributed by atoms with Crippen molar-refractivity contribution in [3.63, 3.8) is 0 Å². The number of carbonyl (C=O) groups excluding carboxylic acids is 1. The number of amides is 1. The molecule has 2 aromatic rings. The van der Waals surface area contributed by atoms with Crippen LogP contribution < -0.4 is 14.4 Å². The molecule has 1 atom stereocenters. The fourth-order valence-corrected chi connectivity index (χ4v) is 4.93. The quantitative estimate of drug-likeness (QED) is 0.426. The minimum absolute atomic E-state index is 0.0554. The predicted octanol–water partition coefficient (Wildman–Crippen LogP) is 5.10. The zero-order valence-electron chi connectivity index (χ0n) is 23.1. The van der Waals surface area contributed by atoms with Crippen molar-refractivity contribution in [2.75, 3.05) is 44.7 Å². The molecule has 208 valence electrons. The summed E-state index contributed by atoms with van der Waals surface area (Å²) in [5.41, 5.74) is 2.18. The van der Waals surface area contributed by atoms with Crippen LogP contribution in [-0.4, -0.2) is 78.7 Å². The molecule has 38 heavy (non-hydrogen) atoms. The van der Waals surface area contributed by atoms with Gasteiger partial charge < -0.3 is 19.3 Å². The van der Waals surface area contributed by atoms with Crippen LogP contribution in [0.4, 0.5) is 14.5 Å². The molecule has 0 bridgehead atoms. The maximum atomic E-state index is 13.0. The first-order valence-corrected chi connectivity index (χ1v) is 13.5. The molecule has 2 aliphatic rings. The SMILES string of the molecule is CCN(C)C(=O)c1cccc(CC2CN(c3ccc(OC(F)F)c(OCC4CC4)c3)CCN2C(C)(C)C)n1. The third kappa shape index (κ3) is 7.12. The molecule has 1 aromatic carbocycles. The molecule has 1 saturated heterocycles. The zero-order valence-corrected chi connectivity index (χ0v) is 23.1. The van der Waals surface area contributed by atoms with E-state index in [-0.39, 0.29) is 23.2 Å². The Morgan fingerprint density at radius 1 is 1.16 bits per heavy atom. The van der Waals surface area contributed by atoms with Gasteiger partial charge in [0.1, 0.15) is 5.69 Å². The highest BCUT2D eigenvalue weighted by Crippen LogP contribution is 2.37. The summed E-state index contributed by atoms with van der Waals surface area (Å²) in [6.07, 6.45) is 2.90. The zero-order chi connectivity index (χ0) is 27.4. The Bertz CT molecular complexity index is 1100.